The number of rotatable bonds is 1. The van der Waals surface area contributed by atoms with Gasteiger partial charge in [-0.2, -0.15) is 4.39 Å². The molecule has 1 aliphatic heterocycles. The maximum atomic E-state index is 14.0. The van der Waals surface area contributed by atoms with E-state index in [1.165, 1.54) is 12.1 Å². The first kappa shape index (κ1) is 15.1. The van der Waals surface area contributed by atoms with Gasteiger partial charge >= 0.3 is 0 Å². The third kappa shape index (κ3) is 2.47. The minimum atomic E-state index is -0.673. The highest BCUT2D eigenvalue weighted by molar-refractivity contribution is 5.92. The van der Waals surface area contributed by atoms with Gasteiger partial charge in [0.1, 0.15) is 5.82 Å². The maximum Gasteiger partial charge on any atom is 0.278 e. The molecule has 0 saturated carbocycles. The molecule has 1 atom stereocenters. The van der Waals surface area contributed by atoms with E-state index in [1.807, 2.05) is 4.90 Å². The van der Waals surface area contributed by atoms with Gasteiger partial charge in [0.15, 0.2) is 5.58 Å². The summed E-state index contributed by atoms with van der Waals surface area (Å²) in [5, 5.41) is 3.83. The van der Waals surface area contributed by atoms with Crippen molar-refractivity contribution in [2.24, 2.45) is 0 Å². The zero-order valence-corrected chi connectivity index (χ0v) is 12.2. The number of piperazine rings is 1. The largest absolute Gasteiger partial charge is 0.429 e. The minimum Gasteiger partial charge on any atom is -0.429 e. The van der Waals surface area contributed by atoms with Crippen molar-refractivity contribution in [3.63, 3.8) is 0 Å². The van der Waals surface area contributed by atoms with Gasteiger partial charge in [-0.25, -0.2) is 4.39 Å². The lowest BCUT2D eigenvalue weighted by Crippen LogP contribution is -2.49. The Hall–Kier alpha value is -1.33. The standard InChI is InChI=1S/C14H16F2N2O.ClH/c1-8-7-18(4-3-17-8)12-6-11(15)9(2)10-5-13(16)19-14(10)12;/h5-6,8,17H,3-4,7H2,1-2H3;1H/t8-;/m0./s1. The van der Waals surface area contributed by atoms with E-state index in [0.29, 0.717) is 28.3 Å². The van der Waals surface area contributed by atoms with E-state index in [0.717, 1.165) is 19.6 Å². The SMILES string of the molecule is Cc1c(F)cc(N2CCN[C@@H](C)C2)c2oc(F)cc12.Cl. The summed E-state index contributed by atoms with van der Waals surface area (Å²) in [7, 11) is 0. The number of fused-ring (bicyclic) bond motifs is 1. The molecule has 110 valence electrons. The van der Waals surface area contributed by atoms with Crippen molar-refractivity contribution in [2.75, 3.05) is 24.5 Å². The Bertz CT molecular complexity index is 629. The van der Waals surface area contributed by atoms with Gasteiger partial charge in [0.25, 0.3) is 6.01 Å². The van der Waals surface area contributed by atoms with Crippen LogP contribution in [0.1, 0.15) is 12.5 Å². The quantitative estimate of drug-likeness (QED) is 0.876. The summed E-state index contributed by atoms with van der Waals surface area (Å²) < 4.78 is 32.4. The fraction of sp³-hybridized carbons (Fsp3) is 0.429. The normalized spacial score (nSPS) is 19.2. The van der Waals surface area contributed by atoms with Crippen LogP contribution >= 0.6 is 12.4 Å². The molecule has 0 amide bonds. The summed E-state index contributed by atoms with van der Waals surface area (Å²) in [5.41, 5.74) is 1.50. The Labute approximate surface area is 122 Å². The smallest absolute Gasteiger partial charge is 0.278 e. The van der Waals surface area contributed by atoms with Crippen molar-refractivity contribution >= 4 is 29.1 Å². The van der Waals surface area contributed by atoms with E-state index in [9.17, 15) is 8.78 Å². The van der Waals surface area contributed by atoms with Crippen molar-refractivity contribution in [1.82, 2.24) is 5.32 Å². The third-order valence-corrected chi connectivity index (χ3v) is 3.67. The van der Waals surface area contributed by atoms with E-state index >= 15 is 0 Å². The van der Waals surface area contributed by atoms with Crippen LogP contribution in [-0.4, -0.2) is 25.7 Å². The second-order valence-electron chi connectivity index (χ2n) is 5.10. The van der Waals surface area contributed by atoms with Crippen molar-refractivity contribution in [3.05, 3.63) is 29.5 Å². The predicted octanol–water partition coefficient (Wildman–Crippen LogP) is 3.24. The number of aryl methyl sites for hydroxylation is 1. The fourth-order valence-electron chi connectivity index (χ4n) is 2.64. The van der Waals surface area contributed by atoms with Crippen LogP contribution in [-0.2, 0) is 0 Å². The van der Waals surface area contributed by atoms with Gasteiger partial charge < -0.3 is 14.6 Å². The first-order valence-electron chi connectivity index (χ1n) is 6.42. The van der Waals surface area contributed by atoms with Gasteiger partial charge in [0.2, 0.25) is 0 Å². The fourth-order valence-corrected chi connectivity index (χ4v) is 2.64. The summed E-state index contributed by atoms with van der Waals surface area (Å²) >= 11 is 0. The van der Waals surface area contributed by atoms with E-state index in [2.05, 4.69) is 12.2 Å². The molecule has 1 aromatic carbocycles. The molecule has 0 bridgehead atoms. The third-order valence-electron chi connectivity index (χ3n) is 3.67. The van der Waals surface area contributed by atoms with Crippen molar-refractivity contribution in [3.8, 4) is 0 Å². The second kappa shape index (κ2) is 5.58. The van der Waals surface area contributed by atoms with Crippen molar-refractivity contribution in [2.45, 2.75) is 19.9 Å². The van der Waals surface area contributed by atoms with E-state index in [1.54, 1.807) is 6.92 Å². The summed E-state index contributed by atoms with van der Waals surface area (Å²) in [6.07, 6.45) is 0. The Kier molecular flexibility index (Phi) is 4.20. The van der Waals surface area contributed by atoms with Crippen LogP contribution in [0.5, 0.6) is 0 Å². The van der Waals surface area contributed by atoms with Gasteiger partial charge in [0, 0.05) is 43.2 Å². The number of anilines is 1. The lowest BCUT2D eigenvalue weighted by molar-refractivity contribution is 0.380. The molecule has 0 aliphatic carbocycles. The van der Waals surface area contributed by atoms with Crippen LogP contribution in [0.25, 0.3) is 11.0 Å². The molecule has 0 unspecified atom stereocenters. The lowest BCUT2D eigenvalue weighted by Gasteiger charge is -2.33. The van der Waals surface area contributed by atoms with Crippen LogP contribution in [0.2, 0.25) is 0 Å². The minimum absolute atomic E-state index is 0. The Morgan fingerprint density at radius 1 is 1.35 bits per heavy atom. The molecule has 1 aliphatic rings. The van der Waals surface area contributed by atoms with Crippen LogP contribution in [0.15, 0.2) is 16.5 Å². The van der Waals surface area contributed by atoms with Gasteiger partial charge in [-0.3, -0.25) is 0 Å². The molecule has 1 fully saturated rings. The first-order chi connectivity index (χ1) is 9.06. The molecule has 2 heterocycles. The Morgan fingerprint density at radius 3 is 2.80 bits per heavy atom. The molecule has 2 aromatic rings. The van der Waals surface area contributed by atoms with Crippen LogP contribution in [0.3, 0.4) is 0 Å². The average Bonchev–Trinajstić information content (AvgIpc) is 2.76. The maximum absolute atomic E-state index is 14.0. The zero-order chi connectivity index (χ0) is 13.6. The number of hydrogen-bond acceptors (Lipinski definition) is 3. The van der Waals surface area contributed by atoms with Crippen molar-refractivity contribution < 1.29 is 13.2 Å². The number of benzene rings is 1. The molecular weight excluding hydrogens is 286 g/mol. The molecule has 1 aromatic heterocycles. The molecule has 3 nitrogen and oxygen atoms in total. The van der Waals surface area contributed by atoms with E-state index in [-0.39, 0.29) is 18.2 Å². The van der Waals surface area contributed by atoms with Gasteiger partial charge in [-0.15, -0.1) is 12.4 Å². The molecule has 0 spiro atoms. The predicted molar refractivity (Wildman–Crippen MR) is 77.8 cm³/mol. The molecule has 3 rings (SSSR count). The van der Waals surface area contributed by atoms with E-state index in [4.69, 9.17) is 4.42 Å². The number of nitrogens with one attached hydrogen (secondary N) is 1. The Morgan fingerprint density at radius 2 is 2.10 bits per heavy atom. The summed E-state index contributed by atoms with van der Waals surface area (Å²) in [6.45, 7) is 6.03. The summed E-state index contributed by atoms with van der Waals surface area (Å²) in [6, 6.07) is 2.34. The topological polar surface area (TPSA) is 28.4 Å². The molecule has 0 radical (unpaired) electrons. The average molecular weight is 303 g/mol. The highest BCUT2D eigenvalue weighted by Crippen LogP contribution is 2.33. The van der Waals surface area contributed by atoms with Crippen molar-refractivity contribution in [1.29, 1.82) is 0 Å². The monoisotopic (exact) mass is 302 g/mol. The molecular formula is C14H17ClF2N2O. The summed E-state index contributed by atoms with van der Waals surface area (Å²) in [4.78, 5) is 2.04. The van der Waals surface area contributed by atoms with E-state index < -0.39 is 6.01 Å². The Balaban J connectivity index is 0.00000147. The highest BCUT2D eigenvalue weighted by Gasteiger charge is 2.22. The number of nitrogens with zero attached hydrogens (tertiary/aromatic N) is 1. The van der Waals surface area contributed by atoms with Crippen LogP contribution in [0.4, 0.5) is 14.5 Å². The van der Waals surface area contributed by atoms with Gasteiger partial charge in [-0.1, -0.05) is 0 Å². The first-order valence-corrected chi connectivity index (χ1v) is 6.42. The van der Waals surface area contributed by atoms with Gasteiger partial charge in [0.05, 0.1) is 5.69 Å². The summed E-state index contributed by atoms with van der Waals surface area (Å²) in [5.74, 6) is -0.325. The highest BCUT2D eigenvalue weighted by atomic mass is 35.5. The lowest BCUT2D eigenvalue weighted by atomic mass is 10.1. The van der Waals surface area contributed by atoms with Crippen LogP contribution in [0, 0.1) is 18.8 Å². The molecule has 1 saturated heterocycles. The molecule has 6 heteroatoms. The zero-order valence-electron chi connectivity index (χ0n) is 11.4. The van der Waals surface area contributed by atoms with Gasteiger partial charge in [-0.05, 0) is 19.4 Å². The molecule has 20 heavy (non-hydrogen) atoms. The number of halogens is 3. The number of furan rings is 1. The number of hydrogen-bond donors (Lipinski definition) is 1. The van der Waals surface area contributed by atoms with Crippen LogP contribution < -0.4 is 10.2 Å². The second-order valence-corrected chi connectivity index (χ2v) is 5.10. The molecule has 1 N–H and O–H groups in total.